The molecule has 1 aromatic rings. The second-order valence-electron chi connectivity index (χ2n) is 5.20. The van der Waals surface area contributed by atoms with Crippen molar-refractivity contribution in [3.63, 3.8) is 0 Å². The van der Waals surface area contributed by atoms with Crippen LogP contribution in [-0.2, 0) is 0 Å². The third kappa shape index (κ3) is 5.50. The van der Waals surface area contributed by atoms with Gasteiger partial charge >= 0.3 is 6.03 Å². The molecule has 114 valence electrons. The minimum absolute atomic E-state index is 0.167. The molecule has 2 rings (SSSR count). The molecule has 2 amide bonds. The summed E-state index contributed by atoms with van der Waals surface area (Å²) < 4.78 is 5.41. The second kappa shape index (κ2) is 8.35. The molecule has 0 atom stereocenters. The molecule has 21 heavy (non-hydrogen) atoms. The lowest BCUT2D eigenvalue weighted by Crippen LogP contribution is -2.29. The smallest absolute Gasteiger partial charge is 0.319 e. The van der Waals surface area contributed by atoms with Gasteiger partial charge < -0.3 is 15.4 Å². The van der Waals surface area contributed by atoms with Crippen LogP contribution in [-0.4, -0.2) is 19.2 Å². The van der Waals surface area contributed by atoms with Crippen LogP contribution in [0.15, 0.2) is 35.9 Å². The van der Waals surface area contributed by atoms with E-state index < -0.39 is 0 Å². The normalized spacial score (nSPS) is 14.2. The van der Waals surface area contributed by atoms with Gasteiger partial charge in [0, 0.05) is 18.3 Å². The number of carbonyl (C=O) groups is 1. The monoisotopic (exact) mass is 288 g/mol. The van der Waals surface area contributed by atoms with Gasteiger partial charge in [-0.3, -0.25) is 0 Å². The van der Waals surface area contributed by atoms with Crippen LogP contribution in [0.4, 0.5) is 10.5 Å². The van der Waals surface area contributed by atoms with Gasteiger partial charge in [-0.1, -0.05) is 17.7 Å². The van der Waals surface area contributed by atoms with E-state index in [2.05, 4.69) is 16.7 Å². The van der Waals surface area contributed by atoms with E-state index in [0.717, 1.165) is 17.9 Å². The van der Waals surface area contributed by atoms with Crippen molar-refractivity contribution in [3.05, 3.63) is 35.9 Å². The van der Waals surface area contributed by atoms with Gasteiger partial charge in [-0.25, -0.2) is 4.79 Å². The molecule has 0 spiro atoms. The summed E-state index contributed by atoms with van der Waals surface area (Å²) in [7, 11) is 0. The first kappa shape index (κ1) is 15.4. The Hall–Kier alpha value is -1.97. The van der Waals surface area contributed by atoms with Gasteiger partial charge in [0.1, 0.15) is 5.75 Å². The van der Waals surface area contributed by atoms with Gasteiger partial charge in [-0.15, -0.1) is 0 Å². The lowest BCUT2D eigenvalue weighted by molar-refractivity contribution is 0.252. The first-order valence-corrected chi connectivity index (χ1v) is 7.73. The zero-order valence-corrected chi connectivity index (χ0v) is 12.7. The van der Waals surface area contributed by atoms with Crippen molar-refractivity contribution >= 4 is 11.7 Å². The van der Waals surface area contributed by atoms with Gasteiger partial charge in [-0.05, 0) is 51.2 Å². The Morgan fingerprint density at radius 2 is 2.24 bits per heavy atom. The van der Waals surface area contributed by atoms with E-state index >= 15 is 0 Å². The van der Waals surface area contributed by atoms with Crippen molar-refractivity contribution in [2.75, 3.05) is 18.5 Å². The highest BCUT2D eigenvalue weighted by Crippen LogP contribution is 2.19. The van der Waals surface area contributed by atoms with Crippen LogP contribution in [0.2, 0.25) is 0 Å². The average molecular weight is 288 g/mol. The molecule has 0 unspecified atom stereocenters. The SMILES string of the molecule is CCOc1cccc(NC(=O)NCCC2=CCCCC2)c1. The fraction of sp³-hybridized carbons (Fsp3) is 0.471. The van der Waals surface area contributed by atoms with Crippen molar-refractivity contribution in [2.45, 2.75) is 39.0 Å². The minimum atomic E-state index is -0.167. The fourth-order valence-electron chi connectivity index (χ4n) is 2.47. The molecule has 1 aromatic carbocycles. The Bertz CT molecular complexity index is 497. The number of benzene rings is 1. The first-order chi connectivity index (χ1) is 10.3. The zero-order chi connectivity index (χ0) is 14.9. The maximum Gasteiger partial charge on any atom is 0.319 e. The van der Waals surface area contributed by atoms with Crippen LogP contribution < -0.4 is 15.4 Å². The highest BCUT2D eigenvalue weighted by Gasteiger charge is 2.05. The number of hydrogen-bond donors (Lipinski definition) is 2. The number of urea groups is 1. The molecule has 0 radical (unpaired) electrons. The Kier molecular flexibility index (Phi) is 6.13. The van der Waals surface area contributed by atoms with Crippen LogP contribution in [0.3, 0.4) is 0 Å². The van der Waals surface area contributed by atoms with Gasteiger partial charge in [0.2, 0.25) is 0 Å². The second-order valence-corrected chi connectivity index (χ2v) is 5.20. The van der Waals surface area contributed by atoms with E-state index in [1.807, 2.05) is 31.2 Å². The van der Waals surface area contributed by atoms with Gasteiger partial charge in [0.05, 0.1) is 6.61 Å². The van der Waals surface area contributed by atoms with E-state index in [1.54, 1.807) is 0 Å². The third-order valence-electron chi connectivity index (χ3n) is 3.52. The van der Waals surface area contributed by atoms with Crippen LogP contribution in [0, 0.1) is 0 Å². The molecule has 0 saturated heterocycles. The summed E-state index contributed by atoms with van der Waals surface area (Å²) in [6.45, 7) is 3.24. The number of allylic oxidation sites excluding steroid dienone is 1. The third-order valence-corrected chi connectivity index (χ3v) is 3.52. The summed E-state index contributed by atoms with van der Waals surface area (Å²) in [5, 5.41) is 5.73. The maximum atomic E-state index is 11.8. The van der Waals surface area contributed by atoms with E-state index in [-0.39, 0.29) is 6.03 Å². The molecule has 4 heteroatoms. The van der Waals surface area contributed by atoms with Crippen molar-refractivity contribution in [1.82, 2.24) is 5.32 Å². The van der Waals surface area contributed by atoms with Gasteiger partial charge in [0.15, 0.2) is 0 Å². The van der Waals surface area contributed by atoms with Crippen molar-refractivity contribution in [2.24, 2.45) is 0 Å². The average Bonchev–Trinajstić information content (AvgIpc) is 2.49. The summed E-state index contributed by atoms with van der Waals surface area (Å²) >= 11 is 0. The Labute approximate surface area is 126 Å². The van der Waals surface area contributed by atoms with Crippen molar-refractivity contribution in [3.8, 4) is 5.75 Å². The standard InChI is InChI=1S/C17H24N2O2/c1-2-21-16-10-6-9-15(13-16)19-17(20)18-12-11-14-7-4-3-5-8-14/h6-7,9-10,13H,2-5,8,11-12H2,1H3,(H2,18,19,20). The number of rotatable bonds is 6. The number of hydrogen-bond acceptors (Lipinski definition) is 2. The number of anilines is 1. The molecule has 2 N–H and O–H groups in total. The highest BCUT2D eigenvalue weighted by atomic mass is 16.5. The molecular formula is C17H24N2O2. The molecule has 4 nitrogen and oxygen atoms in total. The molecule has 1 aliphatic rings. The van der Waals surface area contributed by atoms with E-state index in [9.17, 15) is 4.79 Å². The van der Waals surface area contributed by atoms with Crippen LogP contribution in [0.5, 0.6) is 5.75 Å². The van der Waals surface area contributed by atoms with E-state index in [1.165, 1.54) is 31.3 Å². The van der Waals surface area contributed by atoms with Crippen LogP contribution in [0.1, 0.15) is 39.0 Å². The molecule has 0 bridgehead atoms. The maximum absolute atomic E-state index is 11.8. The van der Waals surface area contributed by atoms with Crippen LogP contribution >= 0.6 is 0 Å². The van der Waals surface area contributed by atoms with Crippen molar-refractivity contribution < 1.29 is 9.53 Å². The predicted octanol–water partition coefficient (Wildman–Crippen LogP) is 4.10. The van der Waals surface area contributed by atoms with E-state index in [0.29, 0.717) is 13.2 Å². The highest BCUT2D eigenvalue weighted by molar-refractivity contribution is 5.89. The zero-order valence-electron chi connectivity index (χ0n) is 12.7. The lowest BCUT2D eigenvalue weighted by Gasteiger charge is -2.13. The summed E-state index contributed by atoms with van der Waals surface area (Å²) in [4.78, 5) is 11.8. The lowest BCUT2D eigenvalue weighted by atomic mass is 9.97. The molecule has 0 heterocycles. The fourth-order valence-corrected chi connectivity index (χ4v) is 2.47. The number of ether oxygens (including phenoxy) is 1. The summed E-state index contributed by atoms with van der Waals surface area (Å²) in [5.41, 5.74) is 2.22. The number of carbonyl (C=O) groups excluding carboxylic acids is 1. The Morgan fingerprint density at radius 3 is 3.00 bits per heavy atom. The molecule has 0 aliphatic heterocycles. The topological polar surface area (TPSA) is 50.4 Å². The van der Waals surface area contributed by atoms with Gasteiger partial charge in [0.25, 0.3) is 0 Å². The first-order valence-electron chi connectivity index (χ1n) is 7.73. The summed E-state index contributed by atoms with van der Waals surface area (Å²) in [6, 6.07) is 7.26. The molecule has 0 saturated carbocycles. The van der Waals surface area contributed by atoms with Crippen molar-refractivity contribution in [1.29, 1.82) is 0 Å². The molecule has 1 aliphatic carbocycles. The summed E-state index contributed by atoms with van der Waals surface area (Å²) in [6.07, 6.45) is 8.21. The largest absolute Gasteiger partial charge is 0.494 e. The summed E-state index contributed by atoms with van der Waals surface area (Å²) in [5.74, 6) is 0.766. The Morgan fingerprint density at radius 1 is 1.33 bits per heavy atom. The molecule has 0 aromatic heterocycles. The number of amides is 2. The van der Waals surface area contributed by atoms with Gasteiger partial charge in [-0.2, -0.15) is 0 Å². The number of nitrogens with one attached hydrogen (secondary N) is 2. The van der Waals surface area contributed by atoms with E-state index in [4.69, 9.17) is 4.74 Å². The molecule has 0 fully saturated rings. The quantitative estimate of drug-likeness (QED) is 0.774. The minimum Gasteiger partial charge on any atom is -0.494 e. The molecular weight excluding hydrogens is 264 g/mol. The van der Waals surface area contributed by atoms with Crippen LogP contribution in [0.25, 0.3) is 0 Å². The Balaban J connectivity index is 1.73. The predicted molar refractivity (Wildman–Crippen MR) is 85.8 cm³/mol.